The fourth-order valence-electron chi connectivity index (χ4n) is 4.30. The Morgan fingerprint density at radius 1 is 0.645 bits per heavy atom. The lowest BCUT2D eigenvalue weighted by Gasteiger charge is -2.23. The molecule has 0 N–H and O–H groups in total. The first-order valence-electron chi connectivity index (χ1n) is 13.2. The van der Waals surface area contributed by atoms with E-state index in [1.165, 1.54) is 135 Å². The maximum Gasteiger partial charge on any atom is 0.0929 e. The normalized spacial score (nSPS) is 11.4. The summed E-state index contributed by atoms with van der Waals surface area (Å²) >= 11 is 3.87. The highest BCUT2D eigenvalue weighted by molar-refractivity contribution is 7.30. The minimum atomic E-state index is 1.23. The summed E-state index contributed by atoms with van der Waals surface area (Å²) in [7, 11) is 0. The van der Waals surface area contributed by atoms with Crippen LogP contribution in [0.2, 0.25) is 0 Å². The number of unbranched alkanes of at least 4 members (excludes halogenated alkanes) is 14. The highest BCUT2D eigenvalue weighted by Gasteiger charge is 2.12. The number of fused-ring (bicyclic) bond motifs is 1. The van der Waals surface area contributed by atoms with Crippen LogP contribution in [0, 0.1) is 0 Å². The van der Waals surface area contributed by atoms with Crippen molar-refractivity contribution < 1.29 is 0 Å². The Morgan fingerprint density at radius 3 is 1.55 bits per heavy atom. The van der Waals surface area contributed by atoms with Gasteiger partial charge in [-0.3, -0.25) is 0 Å². The zero-order valence-corrected chi connectivity index (χ0v) is 22.1. The second-order valence-corrected chi connectivity index (χ2v) is 11.3. The molecule has 0 atom stereocenters. The van der Waals surface area contributed by atoms with Crippen molar-refractivity contribution in [3.8, 4) is 0 Å². The van der Waals surface area contributed by atoms with Gasteiger partial charge in [0, 0.05) is 27.4 Å². The van der Waals surface area contributed by atoms with Crippen LogP contribution < -0.4 is 4.90 Å². The van der Waals surface area contributed by atoms with Crippen LogP contribution >= 0.6 is 22.7 Å². The standard InChI is InChI=1S/C28H47NS2/c1-4-7-9-11-13-15-17-19-21-29(22-20-18-16-14-12-10-8-5-2)28-24-27-26(31-28)23-25(6-3)30-27/h6,23-24H,3-5,7-22H2,1-2H3. The number of thiophene rings is 2. The first-order chi connectivity index (χ1) is 15.3. The lowest BCUT2D eigenvalue weighted by molar-refractivity contribution is 0.556. The van der Waals surface area contributed by atoms with Crippen LogP contribution in [0.3, 0.4) is 0 Å². The zero-order chi connectivity index (χ0) is 22.2. The lowest BCUT2D eigenvalue weighted by Crippen LogP contribution is -2.24. The van der Waals surface area contributed by atoms with Crippen LogP contribution in [0.1, 0.15) is 121 Å². The zero-order valence-electron chi connectivity index (χ0n) is 20.4. The molecule has 0 aliphatic heterocycles. The topological polar surface area (TPSA) is 3.24 Å². The molecule has 0 aliphatic carbocycles. The summed E-state index contributed by atoms with van der Waals surface area (Å²) in [6.07, 6.45) is 24.4. The van der Waals surface area contributed by atoms with Crippen molar-refractivity contribution >= 4 is 43.2 Å². The molecule has 0 aromatic carbocycles. The van der Waals surface area contributed by atoms with Crippen molar-refractivity contribution in [3.63, 3.8) is 0 Å². The van der Waals surface area contributed by atoms with E-state index < -0.39 is 0 Å². The molecular weight excluding hydrogens is 414 g/mol. The molecule has 0 unspecified atom stereocenters. The van der Waals surface area contributed by atoms with Gasteiger partial charge in [-0.05, 0) is 25.0 Å². The van der Waals surface area contributed by atoms with Crippen molar-refractivity contribution in [2.24, 2.45) is 0 Å². The molecule has 0 fully saturated rings. The van der Waals surface area contributed by atoms with Crippen LogP contribution in [0.25, 0.3) is 15.5 Å². The minimum absolute atomic E-state index is 1.23. The summed E-state index contributed by atoms with van der Waals surface area (Å²) in [5.74, 6) is 0. The molecule has 1 nitrogen and oxygen atoms in total. The molecule has 0 saturated carbocycles. The molecule has 0 bridgehead atoms. The molecule has 31 heavy (non-hydrogen) atoms. The second kappa shape index (κ2) is 16.8. The third-order valence-corrected chi connectivity index (χ3v) is 8.64. The van der Waals surface area contributed by atoms with E-state index in [2.05, 4.69) is 37.5 Å². The van der Waals surface area contributed by atoms with Gasteiger partial charge in [0.25, 0.3) is 0 Å². The molecule has 176 valence electrons. The van der Waals surface area contributed by atoms with Crippen molar-refractivity contribution in [1.29, 1.82) is 0 Å². The van der Waals surface area contributed by atoms with Gasteiger partial charge in [-0.1, -0.05) is 116 Å². The summed E-state index contributed by atoms with van der Waals surface area (Å²) in [6.45, 7) is 11.0. The Bertz CT molecular complexity index is 647. The van der Waals surface area contributed by atoms with Crippen LogP contribution in [0.15, 0.2) is 18.7 Å². The second-order valence-electron chi connectivity index (χ2n) is 9.10. The smallest absolute Gasteiger partial charge is 0.0929 e. The predicted octanol–water partition coefficient (Wildman–Crippen LogP) is 10.7. The van der Waals surface area contributed by atoms with Crippen LogP contribution in [0.4, 0.5) is 5.00 Å². The Hall–Kier alpha value is -0.800. The first-order valence-corrected chi connectivity index (χ1v) is 14.8. The molecular formula is C28H47NS2. The van der Waals surface area contributed by atoms with Crippen LogP contribution in [-0.4, -0.2) is 13.1 Å². The summed E-state index contributed by atoms with van der Waals surface area (Å²) in [5, 5.41) is 1.49. The fourth-order valence-corrected chi connectivity index (χ4v) is 6.61. The summed E-state index contributed by atoms with van der Waals surface area (Å²) in [5.41, 5.74) is 0. The van der Waals surface area contributed by atoms with E-state index in [1.807, 2.05) is 28.7 Å². The number of hydrogen-bond acceptors (Lipinski definition) is 3. The Morgan fingerprint density at radius 2 is 1.10 bits per heavy atom. The summed E-state index contributed by atoms with van der Waals surface area (Å²) < 4.78 is 2.87. The molecule has 3 heteroatoms. The van der Waals surface area contributed by atoms with Crippen molar-refractivity contribution in [2.45, 2.75) is 117 Å². The van der Waals surface area contributed by atoms with Crippen molar-refractivity contribution in [2.75, 3.05) is 18.0 Å². The van der Waals surface area contributed by atoms with Gasteiger partial charge in [0.05, 0.1) is 5.00 Å². The summed E-state index contributed by atoms with van der Waals surface area (Å²) in [6, 6.07) is 4.75. The maximum absolute atomic E-state index is 3.93. The monoisotopic (exact) mass is 461 g/mol. The highest BCUT2D eigenvalue weighted by Crippen LogP contribution is 2.38. The minimum Gasteiger partial charge on any atom is -0.363 e. The SMILES string of the molecule is C=Cc1cc2sc(N(CCCCCCCCCC)CCCCCCCCCC)cc2s1. The molecule has 0 radical (unpaired) electrons. The van der Waals surface area contributed by atoms with Gasteiger partial charge >= 0.3 is 0 Å². The Balaban J connectivity index is 1.76. The van der Waals surface area contributed by atoms with Crippen LogP contribution in [0.5, 0.6) is 0 Å². The summed E-state index contributed by atoms with van der Waals surface area (Å²) in [4.78, 5) is 3.99. The Kier molecular flexibility index (Phi) is 14.3. The molecule has 0 spiro atoms. The molecule has 0 saturated heterocycles. The van der Waals surface area contributed by atoms with Gasteiger partial charge in [-0.25, -0.2) is 0 Å². The van der Waals surface area contributed by atoms with E-state index in [4.69, 9.17) is 0 Å². The van der Waals surface area contributed by atoms with Gasteiger partial charge < -0.3 is 4.90 Å². The van der Waals surface area contributed by atoms with E-state index in [0.717, 1.165) is 0 Å². The molecule has 2 rings (SSSR count). The molecule has 2 heterocycles. The molecule has 2 aromatic rings. The Labute approximate surface area is 200 Å². The number of rotatable bonds is 20. The van der Waals surface area contributed by atoms with Crippen molar-refractivity contribution in [1.82, 2.24) is 0 Å². The molecule has 2 aromatic heterocycles. The van der Waals surface area contributed by atoms with E-state index in [0.29, 0.717) is 0 Å². The average Bonchev–Trinajstić information content (AvgIpc) is 3.35. The third kappa shape index (κ3) is 10.6. The van der Waals surface area contributed by atoms with Crippen LogP contribution in [-0.2, 0) is 0 Å². The largest absolute Gasteiger partial charge is 0.363 e. The van der Waals surface area contributed by atoms with Crippen molar-refractivity contribution in [3.05, 3.63) is 23.6 Å². The number of anilines is 1. The van der Waals surface area contributed by atoms with Gasteiger partial charge in [0.15, 0.2) is 0 Å². The average molecular weight is 462 g/mol. The lowest BCUT2D eigenvalue weighted by atomic mass is 10.1. The molecule has 0 amide bonds. The third-order valence-electron chi connectivity index (χ3n) is 6.29. The quantitative estimate of drug-likeness (QED) is 0.177. The maximum atomic E-state index is 3.93. The number of hydrogen-bond donors (Lipinski definition) is 0. The predicted molar refractivity (Wildman–Crippen MR) is 147 cm³/mol. The fraction of sp³-hybridized carbons (Fsp3) is 0.714. The first kappa shape index (κ1) is 26.5. The van der Waals surface area contributed by atoms with Gasteiger partial charge in [0.1, 0.15) is 0 Å². The number of nitrogens with zero attached hydrogens (tertiary/aromatic N) is 1. The van der Waals surface area contributed by atoms with E-state index in [1.54, 1.807) is 0 Å². The van der Waals surface area contributed by atoms with E-state index in [-0.39, 0.29) is 0 Å². The van der Waals surface area contributed by atoms with Gasteiger partial charge in [-0.15, -0.1) is 22.7 Å². The molecule has 0 aliphatic rings. The van der Waals surface area contributed by atoms with Gasteiger partial charge in [0.2, 0.25) is 0 Å². The van der Waals surface area contributed by atoms with E-state index >= 15 is 0 Å². The van der Waals surface area contributed by atoms with E-state index in [9.17, 15) is 0 Å². The highest BCUT2D eigenvalue weighted by atomic mass is 32.1. The van der Waals surface area contributed by atoms with Gasteiger partial charge in [-0.2, -0.15) is 0 Å².